The zero-order chi connectivity index (χ0) is 13.9. The largest absolute Gasteiger partial charge is 0.459 e. The molecule has 3 N–H and O–H groups in total. The van der Waals surface area contributed by atoms with Gasteiger partial charge >= 0.3 is 5.91 Å². The van der Waals surface area contributed by atoms with Gasteiger partial charge in [0, 0.05) is 31.2 Å². The molecule has 1 aromatic rings. The Morgan fingerprint density at radius 3 is 2.95 bits per heavy atom. The van der Waals surface area contributed by atoms with E-state index in [1.807, 2.05) is 6.07 Å². The molecule has 6 heteroatoms. The zero-order valence-electron chi connectivity index (χ0n) is 11.7. The Bertz CT molecular complexity index is 467. The number of carbonyl (C=O) groups is 1. The molecule has 2 aliphatic heterocycles. The second kappa shape index (κ2) is 5.95. The van der Waals surface area contributed by atoms with Crippen LogP contribution in [-0.4, -0.2) is 47.9 Å². The number of nitrogen functional groups attached to an aromatic ring is 1. The Kier molecular flexibility index (Phi) is 4.05. The molecule has 6 nitrogen and oxygen atoms in total. The molecule has 1 atom stereocenters. The Morgan fingerprint density at radius 1 is 1.40 bits per heavy atom. The highest BCUT2D eigenvalue weighted by Crippen LogP contribution is 2.23. The van der Waals surface area contributed by atoms with Crippen LogP contribution in [0.4, 0.5) is 0 Å². The molecule has 0 aliphatic carbocycles. The molecule has 0 saturated carbocycles. The fourth-order valence-corrected chi connectivity index (χ4v) is 3.33. The van der Waals surface area contributed by atoms with Gasteiger partial charge in [0.25, 0.3) is 0 Å². The molecule has 1 unspecified atom stereocenters. The molecule has 0 bridgehead atoms. The summed E-state index contributed by atoms with van der Waals surface area (Å²) in [6.45, 7) is 5.39. The lowest BCUT2D eigenvalue weighted by Crippen LogP contribution is -2.35. The number of hydrogen-bond donors (Lipinski definition) is 2. The lowest BCUT2D eigenvalue weighted by molar-refractivity contribution is 0.0923. The summed E-state index contributed by atoms with van der Waals surface area (Å²) in [7, 11) is 0. The van der Waals surface area contributed by atoms with Crippen LogP contribution < -0.4 is 11.3 Å². The van der Waals surface area contributed by atoms with E-state index < -0.39 is 0 Å². The van der Waals surface area contributed by atoms with Crippen LogP contribution >= 0.6 is 0 Å². The SMILES string of the molecule is NNC(=O)c1occc1CN1CCC(N2CCCC2)C1. The molecule has 0 spiro atoms. The van der Waals surface area contributed by atoms with E-state index in [0.29, 0.717) is 11.8 Å². The van der Waals surface area contributed by atoms with E-state index in [0.717, 1.165) is 25.2 Å². The maximum absolute atomic E-state index is 11.6. The molecule has 0 radical (unpaired) electrons. The van der Waals surface area contributed by atoms with Gasteiger partial charge in [-0.3, -0.25) is 20.0 Å². The third-order valence-corrected chi connectivity index (χ3v) is 4.38. The van der Waals surface area contributed by atoms with Crippen LogP contribution in [0, 0.1) is 0 Å². The highest BCUT2D eigenvalue weighted by atomic mass is 16.3. The summed E-state index contributed by atoms with van der Waals surface area (Å²) < 4.78 is 5.23. The highest BCUT2D eigenvalue weighted by Gasteiger charge is 2.30. The lowest BCUT2D eigenvalue weighted by Gasteiger charge is -2.23. The Labute approximate surface area is 118 Å². The molecule has 1 amide bonds. The number of amides is 1. The number of likely N-dealkylation sites (tertiary alicyclic amines) is 2. The van der Waals surface area contributed by atoms with Gasteiger partial charge in [0.15, 0.2) is 5.76 Å². The van der Waals surface area contributed by atoms with Gasteiger partial charge in [-0.25, -0.2) is 5.84 Å². The number of carbonyl (C=O) groups excluding carboxylic acids is 1. The number of nitrogens with zero attached hydrogens (tertiary/aromatic N) is 2. The molecule has 110 valence electrons. The van der Waals surface area contributed by atoms with Gasteiger partial charge in [0.2, 0.25) is 0 Å². The summed E-state index contributed by atoms with van der Waals surface area (Å²) >= 11 is 0. The van der Waals surface area contributed by atoms with E-state index in [1.54, 1.807) is 6.26 Å². The topological polar surface area (TPSA) is 74.7 Å². The molecular weight excluding hydrogens is 256 g/mol. The number of furan rings is 1. The van der Waals surface area contributed by atoms with Crippen LogP contribution in [-0.2, 0) is 6.54 Å². The van der Waals surface area contributed by atoms with E-state index in [9.17, 15) is 4.79 Å². The summed E-state index contributed by atoms with van der Waals surface area (Å²) in [5.41, 5.74) is 3.04. The smallest absolute Gasteiger partial charge is 0.301 e. The quantitative estimate of drug-likeness (QED) is 0.478. The Hall–Kier alpha value is -1.37. The fourth-order valence-electron chi connectivity index (χ4n) is 3.33. The normalized spacial score (nSPS) is 24.4. The van der Waals surface area contributed by atoms with Gasteiger partial charge in [0.05, 0.1) is 6.26 Å². The van der Waals surface area contributed by atoms with Crippen molar-refractivity contribution < 1.29 is 9.21 Å². The predicted octanol–water partition coefficient (Wildman–Crippen LogP) is 0.553. The van der Waals surface area contributed by atoms with Crippen LogP contribution in [0.15, 0.2) is 16.7 Å². The molecule has 2 fully saturated rings. The van der Waals surface area contributed by atoms with E-state index in [1.165, 1.54) is 32.4 Å². The predicted molar refractivity (Wildman–Crippen MR) is 74.9 cm³/mol. The van der Waals surface area contributed by atoms with Crippen LogP contribution in [0.1, 0.15) is 35.4 Å². The minimum atomic E-state index is -0.361. The summed E-state index contributed by atoms with van der Waals surface area (Å²) in [6.07, 6.45) is 5.43. The summed E-state index contributed by atoms with van der Waals surface area (Å²) in [6, 6.07) is 2.53. The van der Waals surface area contributed by atoms with Crippen molar-refractivity contribution in [2.45, 2.75) is 31.8 Å². The van der Waals surface area contributed by atoms with Crippen molar-refractivity contribution in [3.8, 4) is 0 Å². The van der Waals surface area contributed by atoms with Crippen molar-refractivity contribution in [2.24, 2.45) is 5.84 Å². The van der Waals surface area contributed by atoms with Gasteiger partial charge in [-0.15, -0.1) is 0 Å². The number of nitrogens with one attached hydrogen (secondary N) is 1. The monoisotopic (exact) mass is 278 g/mol. The second-order valence-electron chi connectivity index (χ2n) is 5.67. The standard InChI is InChI=1S/C14H22N4O2/c15-16-14(19)13-11(4-8-20-13)9-17-7-3-12(10-17)18-5-1-2-6-18/h4,8,12H,1-3,5-7,9-10,15H2,(H,16,19). The fraction of sp³-hybridized carbons (Fsp3) is 0.643. The van der Waals surface area contributed by atoms with Crippen LogP contribution in [0.25, 0.3) is 0 Å². The van der Waals surface area contributed by atoms with Gasteiger partial charge < -0.3 is 4.42 Å². The second-order valence-corrected chi connectivity index (χ2v) is 5.67. The third-order valence-electron chi connectivity index (χ3n) is 4.38. The van der Waals surface area contributed by atoms with E-state index >= 15 is 0 Å². The Morgan fingerprint density at radius 2 is 2.20 bits per heavy atom. The number of rotatable bonds is 4. The first-order valence-corrected chi connectivity index (χ1v) is 7.31. The van der Waals surface area contributed by atoms with Crippen LogP contribution in [0.3, 0.4) is 0 Å². The molecule has 1 aromatic heterocycles. The number of hydrogen-bond acceptors (Lipinski definition) is 5. The average Bonchev–Trinajstić information content (AvgIpc) is 3.19. The summed E-state index contributed by atoms with van der Waals surface area (Å²) in [5, 5.41) is 0. The zero-order valence-corrected chi connectivity index (χ0v) is 11.7. The van der Waals surface area contributed by atoms with Gasteiger partial charge in [-0.1, -0.05) is 0 Å². The molecule has 20 heavy (non-hydrogen) atoms. The van der Waals surface area contributed by atoms with E-state index in [4.69, 9.17) is 10.3 Å². The lowest BCUT2D eigenvalue weighted by atomic mass is 10.2. The van der Waals surface area contributed by atoms with Crippen molar-refractivity contribution >= 4 is 5.91 Å². The first-order chi connectivity index (χ1) is 9.78. The third kappa shape index (κ3) is 2.72. The molecular formula is C14H22N4O2. The molecule has 2 saturated heterocycles. The van der Waals surface area contributed by atoms with Crippen molar-refractivity contribution in [1.82, 2.24) is 15.2 Å². The van der Waals surface area contributed by atoms with Crippen molar-refractivity contribution in [3.05, 3.63) is 23.7 Å². The summed E-state index contributed by atoms with van der Waals surface area (Å²) in [4.78, 5) is 16.6. The maximum atomic E-state index is 11.6. The minimum absolute atomic E-state index is 0.331. The van der Waals surface area contributed by atoms with Gasteiger partial charge in [-0.2, -0.15) is 0 Å². The van der Waals surface area contributed by atoms with Gasteiger partial charge in [-0.05, 0) is 38.4 Å². The summed E-state index contributed by atoms with van der Waals surface area (Å²) in [5.74, 6) is 5.14. The highest BCUT2D eigenvalue weighted by molar-refractivity contribution is 5.92. The number of nitrogens with two attached hydrogens (primary N) is 1. The number of hydrazine groups is 1. The van der Waals surface area contributed by atoms with E-state index in [2.05, 4.69) is 15.2 Å². The van der Waals surface area contributed by atoms with Crippen molar-refractivity contribution in [2.75, 3.05) is 26.2 Å². The molecule has 0 aromatic carbocycles. The van der Waals surface area contributed by atoms with Gasteiger partial charge in [0.1, 0.15) is 0 Å². The minimum Gasteiger partial charge on any atom is -0.459 e. The average molecular weight is 278 g/mol. The van der Waals surface area contributed by atoms with Crippen LogP contribution in [0.5, 0.6) is 0 Å². The molecule has 3 heterocycles. The molecule has 3 rings (SSSR count). The first-order valence-electron chi connectivity index (χ1n) is 7.31. The van der Waals surface area contributed by atoms with Crippen molar-refractivity contribution in [3.63, 3.8) is 0 Å². The van der Waals surface area contributed by atoms with Crippen LogP contribution in [0.2, 0.25) is 0 Å². The Balaban J connectivity index is 1.59. The first kappa shape index (κ1) is 13.6. The van der Waals surface area contributed by atoms with E-state index in [-0.39, 0.29) is 5.91 Å². The van der Waals surface area contributed by atoms with Crippen molar-refractivity contribution in [1.29, 1.82) is 0 Å². The maximum Gasteiger partial charge on any atom is 0.301 e. The molecule has 2 aliphatic rings.